The van der Waals surface area contributed by atoms with Gasteiger partial charge in [0.25, 0.3) is 6.43 Å². The number of aromatic nitrogens is 1. The normalized spacial score (nSPS) is 11.9. The Balaban J connectivity index is 0.00000256. The van der Waals surface area contributed by atoms with Gasteiger partial charge in [0.05, 0.1) is 7.11 Å². The van der Waals surface area contributed by atoms with E-state index in [1.54, 1.807) is 13.0 Å². The van der Waals surface area contributed by atoms with E-state index in [-0.39, 0.29) is 24.3 Å². The minimum absolute atomic E-state index is 0. The lowest BCUT2D eigenvalue weighted by atomic mass is 10.1. The number of halogens is 3. The lowest BCUT2D eigenvalue weighted by molar-refractivity contribution is 0.0792. The summed E-state index contributed by atoms with van der Waals surface area (Å²) in [5, 5.41) is 0. The molecule has 0 spiro atoms. The molecule has 4 nitrogen and oxygen atoms in total. The second-order valence-electron chi connectivity index (χ2n) is 3.24. The van der Waals surface area contributed by atoms with Crippen LogP contribution >= 0.6 is 12.4 Å². The summed E-state index contributed by atoms with van der Waals surface area (Å²) in [7, 11) is 1.44. The van der Waals surface area contributed by atoms with Gasteiger partial charge in [-0.2, -0.15) is 4.98 Å². The number of hydrogen-bond donors (Lipinski definition) is 1. The summed E-state index contributed by atoms with van der Waals surface area (Å²) in [6.45, 7) is 1.09. The molecule has 0 aliphatic heterocycles. The Hall–Kier alpha value is -1.14. The van der Waals surface area contributed by atoms with Gasteiger partial charge in [-0.05, 0) is 13.0 Å². The molecule has 1 heterocycles. The first-order valence-corrected chi connectivity index (χ1v) is 4.76. The molecule has 1 aromatic heterocycles. The van der Waals surface area contributed by atoms with E-state index in [1.165, 1.54) is 13.2 Å². The van der Waals surface area contributed by atoms with Gasteiger partial charge in [-0.25, -0.2) is 8.78 Å². The van der Waals surface area contributed by atoms with Crippen LogP contribution in [0, 0.1) is 0 Å². The van der Waals surface area contributed by atoms with Gasteiger partial charge in [0.2, 0.25) is 11.8 Å². The van der Waals surface area contributed by atoms with E-state index in [2.05, 4.69) is 4.98 Å². The van der Waals surface area contributed by atoms with Crippen LogP contribution in [0.4, 0.5) is 8.78 Å². The molecule has 1 unspecified atom stereocenters. The van der Waals surface area contributed by atoms with E-state index < -0.39 is 13.0 Å². The number of pyridine rings is 1. The Labute approximate surface area is 105 Å². The number of methoxy groups -OCH3 is 1. The Kier molecular flexibility index (Phi) is 6.75. The number of alkyl halides is 2. The van der Waals surface area contributed by atoms with Gasteiger partial charge in [-0.1, -0.05) is 0 Å². The molecular weight excluding hydrogens is 254 g/mol. The quantitative estimate of drug-likeness (QED) is 0.889. The van der Waals surface area contributed by atoms with Crippen LogP contribution in [-0.4, -0.2) is 25.1 Å². The maximum absolute atomic E-state index is 11.9. The molecule has 0 saturated heterocycles. The fourth-order valence-electron chi connectivity index (χ4n) is 1.17. The maximum Gasteiger partial charge on any atom is 0.272 e. The molecule has 98 valence electrons. The molecule has 0 aliphatic carbocycles. The largest absolute Gasteiger partial charge is 0.481 e. The van der Waals surface area contributed by atoms with Gasteiger partial charge >= 0.3 is 0 Å². The molecule has 2 N–H and O–H groups in total. The highest BCUT2D eigenvalue weighted by atomic mass is 35.5. The summed E-state index contributed by atoms with van der Waals surface area (Å²) in [6, 6.07) is 2.90. The van der Waals surface area contributed by atoms with E-state index >= 15 is 0 Å². The number of nitrogens with two attached hydrogens (primary N) is 1. The van der Waals surface area contributed by atoms with Crippen LogP contribution in [0.15, 0.2) is 12.1 Å². The first kappa shape index (κ1) is 15.9. The zero-order valence-corrected chi connectivity index (χ0v) is 10.3. The third kappa shape index (κ3) is 4.70. The van der Waals surface area contributed by atoms with Crippen molar-refractivity contribution in [2.24, 2.45) is 5.73 Å². The van der Waals surface area contributed by atoms with E-state index in [0.29, 0.717) is 11.4 Å². The Morgan fingerprint density at radius 3 is 2.53 bits per heavy atom. The average molecular weight is 269 g/mol. The molecule has 17 heavy (non-hydrogen) atoms. The van der Waals surface area contributed by atoms with Crippen molar-refractivity contribution >= 4 is 12.4 Å². The maximum atomic E-state index is 11.9. The fraction of sp³-hybridized carbons (Fsp3) is 0.500. The van der Waals surface area contributed by atoms with Gasteiger partial charge in [-0.3, -0.25) is 0 Å². The van der Waals surface area contributed by atoms with Gasteiger partial charge in [0.1, 0.15) is 0 Å². The van der Waals surface area contributed by atoms with Crippen molar-refractivity contribution < 1.29 is 18.3 Å². The highest BCUT2D eigenvalue weighted by Gasteiger charge is 2.11. The number of rotatable bonds is 5. The molecule has 0 aliphatic rings. The minimum Gasteiger partial charge on any atom is -0.481 e. The Bertz CT molecular complexity index is 351. The monoisotopic (exact) mass is 268 g/mol. The molecular formula is C10H15ClF2N2O2. The van der Waals surface area contributed by atoms with Crippen molar-refractivity contribution in [3.8, 4) is 11.8 Å². The van der Waals surface area contributed by atoms with Crippen molar-refractivity contribution in [3.63, 3.8) is 0 Å². The van der Waals surface area contributed by atoms with E-state index in [4.69, 9.17) is 15.2 Å². The minimum atomic E-state index is -2.53. The lowest BCUT2D eigenvalue weighted by Crippen LogP contribution is -2.11. The molecule has 0 radical (unpaired) electrons. The topological polar surface area (TPSA) is 57.4 Å². The Morgan fingerprint density at radius 2 is 2.06 bits per heavy atom. The van der Waals surface area contributed by atoms with E-state index in [1.807, 2.05) is 0 Å². The zero-order chi connectivity index (χ0) is 12.1. The second kappa shape index (κ2) is 7.24. The summed E-state index contributed by atoms with van der Waals surface area (Å²) in [5.74, 6) is 0.392. The molecule has 0 fully saturated rings. The molecule has 1 aromatic rings. The van der Waals surface area contributed by atoms with Gasteiger partial charge in [0.15, 0.2) is 6.61 Å². The smallest absolute Gasteiger partial charge is 0.272 e. The summed E-state index contributed by atoms with van der Waals surface area (Å²) in [4.78, 5) is 3.93. The van der Waals surface area contributed by atoms with E-state index in [9.17, 15) is 8.78 Å². The van der Waals surface area contributed by atoms with Crippen LogP contribution in [0.5, 0.6) is 11.8 Å². The first-order valence-electron chi connectivity index (χ1n) is 4.76. The summed E-state index contributed by atoms with van der Waals surface area (Å²) in [5.41, 5.74) is 6.38. The van der Waals surface area contributed by atoms with Gasteiger partial charge in [0, 0.05) is 17.7 Å². The van der Waals surface area contributed by atoms with Crippen molar-refractivity contribution in [3.05, 3.63) is 17.7 Å². The van der Waals surface area contributed by atoms with Crippen molar-refractivity contribution in [1.82, 2.24) is 4.98 Å². The summed E-state index contributed by atoms with van der Waals surface area (Å²) >= 11 is 0. The van der Waals surface area contributed by atoms with Crippen LogP contribution in [-0.2, 0) is 0 Å². The third-order valence-electron chi connectivity index (χ3n) is 1.91. The number of ether oxygens (including phenoxy) is 2. The first-order chi connectivity index (χ1) is 7.54. The summed E-state index contributed by atoms with van der Waals surface area (Å²) < 4.78 is 33.6. The van der Waals surface area contributed by atoms with Crippen LogP contribution < -0.4 is 15.2 Å². The van der Waals surface area contributed by atoms with Crippen LogP contribution in [0.25, 0.3) is 0 Å². The van der Waals surface area contributed by atoms with Gasteiger partial charge < -0.3 is 15.2 Å². The lowest BCUT2D eigenvalue weighted by Gasteiger charge is -2.12. The fourth-order valence-corrected chi connectivity index (χ4v) is 1.17. The second-order valence-corrected chi connectivity index (χ2v) is 3.24. The van der Waals surface area contributed by atoms with Crippen molar-refractivity contribution in [2.45, 2.75) is 19.4 Å². The standard InChI is InChI=1S/C10H14F2N2O2.ClH/c1-6(13)7-3-4-9(14-10(7)15-2)16-5-8(11)12;/h3-4,6,8H,5,13H2,1-2H3;1H. The van der Waals surface area contributed by atoms with Crippen molar-refractivity contribution in [2.75, 3.05) is 13.7 Å². The van der Waals surface area contributed by atoms with Crippen LogP contribution in [0.2, 0.25) is 0 Å². The number of nitrogens with zero attached hydrogens (tertiary/aromatic N) is 1. The summed E-state index contributed by atoms with van der Waals surface area (Å²) in [6.07, 6.45) is -2.53. The molecule has 7 heteroatoms. The van der Waals surface area contributed by atoms with Crippen LogP contribution in [0.3, 0.4) is 0 Å². The number of hydrogen-bond acceptors (Lipinski definition) is 4. The molecule has 0 bridgehead atoms. The molecule has 0 amide bonds. The van der Waals surface area contributed by atoms with Crippen molar-refractivity contribution in [1.29, 1.82) is 0 Å². The zero-order valence-electron chi connectivity index (χ0n) is 9.52. The third-order valence-corrected chi connectivity index (χ3v) is 1.91. The predicted octanol–water partition coefficient (Wildman–Crippen LogP) is 2.18. The van der Waals surface area contributed by atoms with Crippen LogP contribution in [0.1, 0.15) is 18.5 Å². The highest BCUT2D eigenvalue weighted by molar-refractivity contribution is 5.85. The predicted molar refractivity (Wildman–Crippen MR) is 62.1 cm³/mol. The van der Waals surface area contributed by atoms with E-state index in [0.717, 1.165) is 0 Å². The molecule has 1 atom stereocenters. The molecule has 0 saturated carbocycles. The average Bonchev–Trinajstić information content (AvgIpc) is 2.25. The SMILES string of the molecule is COc1nc(OCC(F)F)ccc1C(C)N.Cl. The molecule has 0 aromatic carbocycles. The van der Waals surface area contributed by atoms with Gasteiger partial charge in [-0.15, -0.1) is 12.4 Å². The Morgan fingerprint density at radius 1 is 1.41 bits per heavy atom. The molecule has 1 rings (SSSR count). The highest BCUT2D eigenvalue weighted by Crippen LogP contribution is 2.24.